The lowest BCUT2D eigenvalue weighted by Gasteiger charge is -2.40. The van der Waals surface area contributed by atoms with Crippen LogP contribution in [0.15, 0.2) is 35.9 Å². The Bertz CT molecular complexity index is 1770. The summed E-state index contributed by atoms with van der Waals surface area (Å²) in [4.78, 5) is 80.7. The van der Waals surface area contributed by atoms with Crippen molar-refractivity contribution in [3.05, 3.63) is 47.0 Å². The van der Waals surface area contributed by atoms with Crippen LogP contribution in [0.3, 0.4) is 0 Å². The number of nitrogens with one attached hydrogen (secondary N) is 2. The van der Waals surface area contributed by atoms with Crippen LogP contribution in [0.1, 0.15) is 133 Å². The topological polar surface area (TPSA) is 188 Å². The Hall–Kier alpha value is -3.75. The van der Waals surface area contributed by atoms with Gasteiger partial charge in [0.2, 0.25) is 29.5 Å². The van der Waals surface area contributed by atoms with E-state index >= 15 is 0 Å². The lowest BCUT2D eigenvalue weighted by Crippen LogP contribution is -2.61. The summed E-state index contributed by atoms with van der Waals surface area (Å²) in [5.74, 6) is -2.21. The SMILES string of the molecule is CN[C@H](C(=O)NC(C(=O)N(C)[C@H](/C=C(\C)C(=O)O)C(C)C)C(C)(C)C)C(C)(C)c1ccc(C(C)(C)OCCC(C)(C)SC2CC(=O)N(CC3CCC(C(N)=O)CC3)C2=O)cc1. The second-order valence-corrected chi connectivity index (χ2v) is 22.2. The molecule has 5 N–H and O–H groups in total. The minimum Gasteiger partial charge on any atom is -0.478 e. The Morgan fingerprint density at radius 1 is 0.951 bits per heavy atom. The van der Waals surface area contributed by atoms with Crippen LogP contribution in [0.4, 0.5) is 0 Å². The number of ether oxygens (including phenoxy) is 1. The molecule has 2 fully saturated rings. The van der Waals surface area contributed by atoms with E-state index in [4.69, 9.17) is 10.5 Å². The maximum atomic E-state index is 14.1. The third-order valence-corrected chi connectivity index (χ3v) is 14.2. The highest BCUT2D eigenvalue weighted by molar-refractivity contribution is 8.02. The summed E-state index contributed by atoms with van der Waals surface area (Å²) in [5, 5.41) is 15.3. The van der Waals surface area contributed by atoms with E-state index in [0.29, 0.717) is 32.4 Å². The number of nitrogens with zero attached hydrogens (tertiary/aromatic N) is 2. The molecule has 61 heavy (non-hydrogen) atoms. The average molecular weight is 870 g/mol. The molecule has 1 aromatic rings. The van der Waals surface area contributed by atoms with Crippen molar-refractivity contribution in [2.75, 3.05) is 27.2 Å². The molecular formula is C47H75N5O8S. The van der Waals surface area contributed by atoms with Crippen molar-refractivity contribution in [1.29, 1.82) is 0 Å². The summed E-state index contributed by atoms with van der Waals surface area (Å²) < 4.78 is 6.14. The van der Waals surface area contributed by atoms with Crippen LogP contribution in [-0.4, -0.2) is 106 Å². The molecule has 5 amide bonds. The molecule has 342 valence electrons. The number of hydrogen-bond acceptors (Lipinski definition) is 9. The highest BCUT2D eigenvalue weighted by Gasteiger charge is 2.44. The van der Waals surface area contributed by atoms with Gasteiger partial charge in [0.25, 0.3) is 0 Å². The molecule has 0 bridgehead atoms. The number of thioether (sulfide) groups is 1. The molecule has 1 saturated heterocycles. The van der Waals surface area contributed by atoms with Crippen LogP contribution in [0.2, 0.25) is 0 Å². The minimum absolute atomic E-state index is 0.0689. The molecule has 14 heteroatoms. The summed E-state index contributed by atoms with van der Waals surface area (Å²) >= 11 is 1.53. The molecule has 1 aromatic carbocycles. The van der Waals surface area contributed by atoms with Gasteiger partial charge in [-0.05, 0) is 88.3 Å². The predicted octanol–water partition coefficient (Wildman–Crippen LogP) is 6.17. The number of likely N-dealkylation sites (N-methyl/N-ethyl adjacent to an activating group) is 2. The molecule has 13 nitrogen and oxygen atoms in total. The molecule has 1 saturated carbocycles. The molecule has 1 aliphatic heterocycles. The van der Waals surface area contributed by atoms with Gasteiger partial charge in [0.1, 0.15) is 6.04 Å². The second kappa shape index (κ2) is 20.6. The Labute approximate surface area is 369 Å². The maximum absolute atomic E-state index is 14.1. The minimum atomic E-state index is -1.05. The molecule has 0 radical (unpaired) electrons. The zero-order valence-electron chi connectivity index (χ0n) is 39.3. The Morgan fingerprint density at radius 2 is 1.51 bits per heavy atom. The zero-order valence-corrected chi connectivity index (χ0v) is 40.1. The van der Waals surface area contributed by atoms with Gasteiger partial charge in [-0.2, -0.15) is 0 Å². The summed E-state index contributed by atoms with van der Waals surface area (Å²) in [5.41, 5.74) is 5.48. The van der Waals surface area contributed by atoms with Gasteiger partial charge in [-0.15, -0.1) is 11.8 Å². The Kier molecular flexibility index (Phi) is 17.4. The zero-order chi connectivity index (χ0) is 46.4. The van der Waals surface area contributed by atoms with Gasteiger partial charge >= 0.3 is 5.97 Å². The lowest BCUT2D eigenvalue weighted by atomic mass is 9.76. The highest BCUT2D eigenvalue weighted by Crippen LogP contribution is 2.40. The maximum Gasteiger partial charge on any atom is 0.331 e. The quantitative estimate of drug-likeness (QED) is 0.0872. The fourth-order valence-corrected chi connectivity index (χ4v) is 9.92. The van der Waals surface area contributed by atoms with E-state index in [1.54, 1.807) is 20.2 Å². The van der Waals surface area contributed by atoms with E-state index in [-0.39, 0.29) is 64.0 Å². The molecule has 1 heterocycles. The van der Waals surface area contributed by atoms with E-state index in [2.05, 4.69) is 24.5 Å². The van der Waals surface area contributed by atoms with Crippen molar-refractivity contribution in [2.45, 2.75) is 161 Å². The van der Waals surface area contributed by atoms with Crippen molar-refractivity contribution in [3.8, 4) is 0 Å². The Morgan fingerprint density at radius 3 is 2.00 bits per heavy atom. The molecule has 1 aliphatic carbocycles. The number of hydrogen-bond donors (Lipinski definition) is 4. The number of nitrogens with two attached hydrogens (primary N) is 1. The number of aliphatic carboxylic acids is 1. The summed E-state index contributed by atoms with van der Waals surface area (Å²) in [6, 6.07) is 5.93. The predicted molar refractivity (Wildman–Crippen MR) is 242 cm³/mol. The first-order valence-electron chi connectivity index (χ1n) is 21.8. The van der Waals surface area contributed by atoms with Gasteiger partial charge < -0.3 is 31.1 Å². The number of carboxylic acid groups (broad SMARTS) is 1. The molecule has 2 aliphatic rings. The third-order valence-electron chi connectivity index (χ3n) is 12.8. The first-order chi connectivity index (χ1) is 28.0. The Balaban J connectivity index is 1.64. The number of carboxylic acids is 1. The number of rotatable bonds is 20. The van der Waals surface area contributed by atoms with Crippen LogP contribution in [-0.2, 0) is 44.5 Å². The lowest BCUT2D eigenvalue weighted by molar-refractivity contribution is -0.141. The molecular weight excluding hydrogens is 795 g/mol. The van der Waals surface area contributed by atoms with Gasteiger partial charge in [0.15, 0.2) is 0 Å². The van der Waals surface area contributed by atoms with Crippen LogP contribution in [0, 0.1) is 23.2 Å². The van der Waals surface area contributed by atoms with E-state index in [0.717, 1.165) is 24.0 Å². The molecule has 2 unspecified atom stereocenters. The van der Waals surface area contributed by atoms with Crippen molar-refractivity contribution in [1.82, 2.24) is 20.4 Å². The number of imide groups is 1. The number of benzene rings is 1. The smallest absolute Gasteiger partial charge is 0.331 e. The monoisotopic (exact) mass is 870 g/mol. The fourth-order valence-electron chi connectivity index (χ4n) is 8.49. The van der Waals surface area contributed by atoms with Crippen molar-refractivity contribution in [2.24, 2.45) is 28.9 Å². The number of carbonyl (C=O) groups is 6. The van der Waals surface area contributed by atoms with Crippen molar-refractivity contribution < 1.29 is 38.6 Å². The van der Waals surface area contributed by atoms with E-state index < -0.39 is 45.8 Å². The van der Waals surface area contributed by atoms with E-state index in [1.807, 2.05) is 86.6 Å². The van der Waals surface area contributed by atoms with Gasteiger partial charge in [-0.3, -0.25) is 28.9 Å². The van der Waals surface area contributed by atoms with Crippen LogP contribution >= 0.6 is 11.8 Å². The van der Waals surface area contributed by atoms with Crippen molar-refractivity contribution in [3.63, 3.8) is 0 Å². The molecule has 0 spiro atoms. The van der Waals surface area contributed by atoms with Crippen LogP contribution in [0.25, 0.3) is 0 Å². The first-order valence-corrected chi connectivity index (χ1v) is 22.6. The molecule has 4 atom stereocenters. The first kappa shape index (κ1) is 51.6. The van der Waals surface area contributed by atoms with Gasteiger partial charge in [-0.1, -0.05) is 92.7 Å². The van der Waals surface area contributed by atoms with Gasteiger partial charge in [-0.25, -0.2) is 4.79 Å². The number of likely N-dealkylation sites (tertiary alicyclic amines) is 1. The van der Waals surface area contributed by atoms with Crippen LogP contribution < -0.4 is 16.4 Å². The summed E-state index contributed by atoms with van der Waals surface area (Å²) in [6.07, 6.45) is 5.41. The molecule has 0 aromatic heterocycles. The fraction of sp³-hybridized carbons (Fsp3) is 0.702. The molecule has 3 rings (SSSR count). The van der Waals surface area contributed by atoms with E-state index in [1.165, 1.54) is 28.5 Å². The summed E-state index contributed by atoms with van der Waals surface area (Å²) in [6.45, 7) is 24.0. The van der Waals surface area contributed by atoms with Crippen molar-refractivity contribution >= 4 is 47.3 Å². The number of amides is 5. The number of primary amides is 1. The largest absolute Gasteiger partial charge is 0.478 e. The standard InChI is InChI=1S/C47H75N5O8S/c1-28(2)34(25-29(3)43(58)59)51(14)42(57)38(44(4,5)6)50-40(55)37(49-13)46(9,10)32-19-21-33(22-20-32)47(11,12)60-24-23-45(7,8)61-35-26-36(53)52(41(35)56)27-30-15-17-31(18-16-30)39(48)54/h19-22,25,28,30-31,34-35,37-38,49H,15-18,23-24,26-27H2,1-14H3,(H2,48,54)(H,50,55)(H,58,59)/b29-25+/t30?,31?,34-,35?,37-,38?/m1/s1. The van der Waals surface area contributed by atoms with Gasteiger partial charge in [0.05, 0.1) is 22.9 Å². The highest BCUT2D eigenvalue weighted by atomic mass is 32.2. The second-order valence-electron chi connectivity index (χ2n) is 20.3. The summed E-state index contributed by atoms with van der Waals surface area (Å²) in [7, 11) is 3.37. The van der Waals surface area contributed by atoms with Gasteiger partial charge in [0, 0.05) is 48.3 Å². The average Bonchev–Trinajstić information content (AvgIpc) is 3.41. The van der Waals surface area contributed by atoms with Crippen LogP contribution in [0.5, 0.6) is 0 Å². The number of carbonyl (C=O) groups excluding carboxylic acids is 5. The third kappa shape index (κ3) is 13.4. The van der Waals surface area contributed by atoms with E-state index in [9.17, 15) is 33.9 Å². The normalized spacial score (nSPS) is 21.0.